The van der Waals surface area contributed by atoms with E-state index >= 15 is 0 Å². The van der Waals surface area contributed by atoms with Crippen LogP contribution in [0.4, 0.5) is 0 Å². The number of carbonyl (C=O) groups is 2. The van der Waals surface area contributed by atoms with E-state index in [-0.39, 0.29) is 12.5 Å². The third-order valence-corrected chi connectivity index (χ3v) is 4.65. The van der Waals surface area contributed by atoms with Crippen LogP contribution in [-0.4, -0.2) is 58.0 Å². The zero-order valence-electron chi connectivity index (χ0n) is 15.2. The lowest BCUT2D eigenvalue weighted by Crippen LogP contribution is -2.38. The lowest BCUT2D eigenvalue weighted by Gasteiger charge is -2.23. The van der Waals surface area contributed by atoms with Crippen molar-refractivity contribution < 1.29 is 19.4 Å². The molecule has 1 amide bonds. The Bertz CT molecular complexity index is 566. The highest BCUT2D eigenvalue weighted by Crippen LogP contribution is 2.28. The van der Waals surface area contributed by atoms with Crippen LogP contribution in [0, 0.1) is 5.92 Å². The molecule has 1 unspecified atom stereocenters. The van der Waals surface area contributed by atoms with Gasteiger partial charge in [-0.25, -0.2) is 0 Å². The Morgan fingerprint density at radius 2 is 2.16 bits per heavy atom. The van der Waals surface area contributed by atoms with Gasteiger partial charge in [0.25, 0.3) is 5.91 Å². The number of carboxylic acids is 1. The third-order valence-electron chi connectivity index (χ3n) is 4.65. The molecule has 1 aliphatic rings. The van der Waals surface area contributed by atoms with Gasteiger partial charge in [0, 0.05) is 32.5 Å². The predicted octanol–water partition coefficient (Wildman–Crippen LogP) is 2.59. The third kappa shape index (κ3) is 5.56. The van der Waals surface area contributed by atoms with Crippen LogP contribution in [0.3, 0.4) is 0 Å². The van der Waals surface area contributed by atoms with Crippen LogP contribution >= 0.6 is 0 Å². The van der Waals surface area contributed by atoms with E-state index in [1.165, 1.54) is 12.8 Å². The summed E-state index contributed by atoms with van der Waals surface area (Å²) in [5, 5.41) is 13.6. The molecule has 7 nitrogen and oxygen atoms in total. The van der Waals surface area contributed by atoms with Gasteiger partial charge in [-0.1, -0.05) is 19.8 Å². The summed E-state index contributed by atoms with van der Waals surface area (Å²) >= 11 is 0. The van der Waals surface area contributed by atoms with Crippen LogP contribution < -0.4 is 0 Å². The van der Waals surface area contributed by atoms with Crippen LogP contribution in [0.5, 0.6) is 0 Å². The van der Waals surface area contributed by atoms with Crippen molar-refractivity contribution in [2.45, 2.75) is 52.0 Å². The standard InChI is InChI=1S/C18H29N3O4/c1-3-25-12-6-10-20(13-14(2)18(23)24)17(22)16-9-11-21(19-16)15-7-4-5-8-15/h9,11,14-15H,3-8,10,12-13H2,1-2H3,(H,23,24). The van der Waals surface area contributed by atoms with E-state index in [0.717, 1.165) is 12.8 Å². The molecule has 1 fully saturated rings. The second kappa shape index (κ2) is 9.56. The minimum Gasteiger partial charge on any atom is -0.481 e. The molecule has 1 aromatic heterocycles. The molecule has 1 aliphatic carbocycles. The second-order valence-corrected chi connectivity index (χ2v) is 6.66. The smallest absolute Gasteiger partial charge is 0.308 e. The number of hydrogen-bond donors (Lipinski definition) is 1. The zero-order valence-corrected chi connectivity index (χ0v) is 15.2. The van der Waals surface area contributed by atoms with Crippen molar-refractivity contribution >= 4 is 11.9 Å². The fourth-order valence-corrected chi connectivity index (χ4v) is 3.17. The largest absolute Gasteiger partial charge is 0.481 e. The Balaban J connectivity index is 2.03. The van der Waals surface area contributed by atoms with E-state index in [1.54, 1.807) is 17.9 Å². The summed E-state index contributed by atoms with van der Waals surface area (Å²) in [5.41, 5.74) is 0.390. The van der Waals surface area contributed by atoms with Crippen molar-refractivity contribution in [3.05, 3.63) is 18.0 Å². The first-order valence-electron chi connectivity index (χ1n) is 9.18. The first-order chi connectivity index (χ1) is 12.0. The second-order valence-electron chi connectivity index (χ2n) is 6.66. The van der Waals surface area contributed by atoms with Crippen LogP contribution in [0.15, 0.2) is 12.3 Å². The average molecular weight is 351 g/mol. The predicted molar refractivity (Wildman–Crippen MR) is 93.5 cm³/mol. The fraction of sp³-hybridized carbons (Fsp3) is 0.722. The van der Waals surface area contributed by atoms with E-state index < -0.39 is 11.9 Å². The van der Waals surface area contributed by atoms with Gasteiger partial charge in [-0.15, -0.1) is 0 Å². The summed E-state index contributed by atoms with van der Waals surface area (Å²) in [4.78, 5) is 25.6. The molecule has 7 heteroatoms. The maximum Gasteiger partial charge on any atom is 0.308 e. The van der Waals surface area contributed by atoms with Gasteiger partial charge in [0.1, 0.15) is 5.69 Å². The van der Waals surface area contributed by atoms with Crippen molar-refractivity contribution in [1.82, 2.24) is 14.7 Å². The summed E-state index contributed by atoms with van der Waals surface area (Å²) in [6, 6.07) is 2.12. The number of carboxylic acid groups (broad SMARTS) is 1. The number of aromatic nitrogens is 2. The van der Waals surface area contributed by atoms with E-state index in [2.05, 4.69) is 5.10 Å². The van der Waals surface area contributed by atoms with Crippen LogP contribution in [-0.2, 0) is 9.53 Å². The number of ether oxygens (including phenoxy) is 1. The number of hydrogen-bond acceptors (Lipinski definition) is 4. The molecule has 0 spiro atoms. The number of rotatable bonds is 10. The molecule has 0 bridgehead atoms. The zero-order chi connectivity index (χ0) is 18.2. The van der Waals surface area contributed by atoms with Gasteiger partial charge in [0.05, 0.1) is 12.0 Å². The van der Waals surface area contributed by atoms with E-state index in [0.29, 0.717) is 37.9 Å². The summed E-state index contributed by atoms with van der Waals surface area (Å²) in [6.07, 6.45) is 7.14. The molecule has 1 heterocycles. The molecule has 1 aromatic rings. The molecule has 1 N–H and O–H groups in total. The molecule has 2 rings (SSSR count). The Labute approximate surface area is 148 Å². The average Bonchev–Trinajstić information content (AvgIpc) is 3.27. The molecule has 0 aromatic carbocycles. The van der Waals surface area contributed by atoms with Crippen molar-refractivity contribution in [1.29, 1.82) is 0 Å². The molecule has 25 heavy (non-hydrogen) atoms. The topological polar surface area (TPSA) is 84.7 Å². The number of carbonyl (C=O) groups excluding carboxylic acids is 1. The normalized spacial score (nSPS) is 16.1. The molecular formula is C18H29N3O4. The van der Waals surface area contributed by atoms with Crippen molar-refractivity contribution in [2.24, 2.45) is 5.92 Å². The van der Waals surface area contributed by atoms with Crippen LogP contribution in [0.1, 0.15) is 62.5 Å². The first kappa shape index (κ1) is 19.4. The lowest BCUT2D eigenvalue weighted by molar-refractivity contribution is -0.141. The Hall–Kier alpha value is -1.89. The van der Waals surface area contributed by atoms with Gasteiger partial charge in [0.15, 0.2) is 0 Å². The summed E-state index contributed by atoms with van der Waals surface area (Å²) < 4.78 is 7.21. The van der Waals surface area contributed by atoms with E-state index in [1.807, 2.05) is 17.8 Å². The lowest BCUT2D eigenvalue weighted by atomic mass is 10.1. The highest BCUT2D eigenvalue weighted by molar-refractivity contribution is 5.92. The van der Waals surface area contributed by atoms with E-state index in [9.17, 15) is 9.59 Å². The monoisotopic (exact) mass is 351 g/mol. The highest BCUT2D eigenvalue weighted by atomic mass is 16.5. The Kier molecular flexibility index (Phi) is 7.43. The maximum absolute atomic E-state index is 12.8. The molecule has 0 saturated heterocycles. The first-order valence-corrected chi connectivity index (χ1v) is 9.18. The van der Waals surface area contributed by atoms with Crippen molar-refractivity contribution in [3.8, 4) is 0 Å². The van der Waals surface area contributed by atoms with Gasteiger partial charge < -0.3 is 14.7 Å². The molecule has 0 radical (unpaired) electrons. The van der Waals surface area contributed by atoms with E-state index in [4.69, 9.17) is 9.84 Å². The van der Waals surface area contributed by atoms with Gasteiger partial charge in [0.2, 0.25) is 0 Å². The molecular weight excluding hydrogens is 322 g/mol. The Morgan fingerprint density at radius 1 is 1.44 bits per heavy atom. The summed E-state index contributed by atoms with van der Waals surface area (Å²) in [5.74, 6) is -1.73. The molecule has 0 aliphatic heterocycles. The maximum atomic E-state index is 12.8. The highest BCUT2D eigenvalue weighted by Gasteiger charge is 2.24. The van der Waals surface area contributed by atoms with Crippen molar-refractivity contribution in [3.63, 3.8) is 0 Å². The summed E-state index contributed by atoms with van der Waals surface area (Å²) in [6.45, 7) is 5.36. The van der Waals surface area contributed by atoms with Crippen LogP contribution in [0.25, 0.3) is 0 Å². The molecule has 1 saturated carbocycles. The van der Waals surface area contributed by atoms with Crippen LogP contribution in [0.2, 0.25) is 0 Å². The minimum atomic E-state index is -0.904. The molecule has 140 valence electrons. The van der Waals surface area contributed by atoms with Crippen molar-refractivity contribution in [2.75, 3.05) is 26.3 Å². The number of nitrogens with zero attached hydrogens (tertiary/aromatic N) is 3. The fourth-order valence-electron chi connectivity index (χ4n) is 3.17. The quantitative estimate of drug-likeness (QED) is 0.655. The Morgan fingerprint density at radius 3 is 2.80 bits per heavy atom. The minimum absolute atomic E-state index is 0.177. The SMILES string of the molecule is CCOCCCN(CC(C)C(=O)O)C(=O)c1ccn(C2CCCC2)n1. The van der Waals surface area contributed by atoms with Gasteiger partial charge in [-0.2, -0.15) is 5.10 Å². The van der Waals surface area contributed by atoms with Gasteiger partial charge in [-0.3, -0.25) is 14.3 Å². The van der Waals surface area contributed by atoms with Gasteiger partial charge in [-0.05, 0) is 32.3 Å². The number of amides is 1. The molecule has 1 atom stereocenters. The summed E-state index contributed by atoms with van der Waals surface area (Å²) in [7, 11) is 0. The number of aliphatic carboxylic acids is 1. The van der Waals surface area contributed by atoms with Gasteiger partial charge >= 0.3 is 5.97 Å².